The molecule has 7 heteroatoms. The Labute approximate surface area is 127 Å². The van der Waals surface area contributed by atoms with Crippen LogP contribution < -0.4 is 0 Å². The highest BCUT2D eigenvalue weighted by Crippen LogP contribution is 2.34. The second-order valence-corrected chi connectivity index (χ2v) is 7.10. The first-order chi connectivity index (χ1) is 10.2. The molecule has 0 N–H and O–H groups in total. The van der Waals surface area contributed by atoms with Gasteiger partial charge in [-0.15, -0.1) is 10.2 Å². The minimum absolute atomic E-state index is 0.318. The van der Waals surface area contributed by atoms with Gasteiger partial charge in [0.15, 0.2) is 5.82 Å². The first kappa shape index (κ1) is 13.2. The largest absolute Gasteiger partial charge is 0.342 e. The van der Waals surface area contributed by atoms with E-state index in [1.807, 2.05) is 11.4 Å². The van der Waals surface area contributed by atoms with E-state index >= 15 is 0 Å². The summed E-state index contributed by atoms with van der Waals surface area (Å²) in [5.41, 5.74) is 0. The van der Waals surface area contributed by atoms with E-state index in [0.29, 0.717) is 17.7 Å². The summed E-state index contributed by atoms with van der Waals surface area (Å²) in [4.78, 5) is 15.2. The van der Waals surface area contributed by atoms with Gasteiger partial charge in [-0.3, -0.25) is 4.79 Å². The van der Waals surface area contributed by atoms with E-state index in [2.05, 4.69) is 20.2 Å². The van der Waals surface area contributed by atoms with Gasteiger partial charge < -0.3 is 4.90 Å². The van der Waals surface area contributed by atoms with Crippen molar-refractivity contribution < 1.29 is 4.79 Å². The van der Waals surface area contributed by atoms with Gasteiger partial charge in [0.1, 0.15) is 5.01 Å². The molecule has 0 spiro atoms. The molecule has 6 nitrogen and oxygen atoms in total. The number of carbonyl (C=O) groups excluding carboxylic acids is 1. The predicted molar refractivity (Wildman–Crippen MR) is 79.3 cm³/mol. The fourth-order valence-electron chi connectivity index (χ4n) is 3.15. The number of piperidine rings is 1. The molecule has 4 rings (SSSR count). The summed E-state index contributed by atoms with van der Waals surface area (Å²) in [5, 5.41) is 13.9. The Hall–Kier alpha value is -1.50. The molecule has 1 aliphatic carbocycles. The maximum absolute atomic E-state index is 12.3. The van der Waals surface area contributed by atoms with Gasteiger partial charge in [0, 0.05) is 24.9 Å². The molecule has 21 heavy (non-hydrogen) atoms. The second kappa shape index (κ2) is 5.05. The van der Waals surface area contributed by atoms with Gasteiger partial charge in [-0.25, -0.2) is 0 Å². The lowest BCUT2D eigenvalue weighted by Crippen LogP contribution is -2.43. The number of carbonyl (C=O) groups is 1. The van der Waals surface area contributed by atoms with Crippen LogP contribution in [0.3, 0.4) is 0 Å². The van der Waals surface area contributed by atoms with E-state index in [1.165, 1.54) is 6.42 Å². The molecule has 1 amide bonds. The van der Waals surface area contributed by atoms with Crippen LogP contribution in [0.5, 0.6) is 0 Å². The van der Waals surface area contributed by atoms with Crippen LogP contribution in [-0.4, -0.2) is 43.7 Å². The molecule has 0 bridgehead atoms. The molecule has 2 aliphatic rings. The average Bonchev–Trinajstić information content (AvgIpc) is 3.00. The third kappa shape index (κ3) is 2.23. The normalized spacial score (nSPS) is 20.9. The summed E-state index contributed by atoms with van der Waals surface area (Å²) >= 11 is 1.63. The third-order valence-electron chi connectivity index (χ3n) is 4.77. The van der Waals surface area contributed by atoms with Crippen LogP contribution in [0.1, 0.15) is 48.9 Å². The zero-order chi connectivity index (χ0) is 14.4. The van der Waals surface area contributed by atoms with E-state index < -0.39 is 0 Å². The average molecular weight is 305 g/mol. The number of hydrogen-bond donors (Lipinski definition) is 0. The molecule has 1 saturated carbocycles. The minimum atomic E-state index is 0.318. The number of hydrogen-bond acceptors (Lipinski definition) is 5. The first-order valence-corrected chi connectivity index (χ1v) is 8.51. The van der Waals surface area contributed by atoms with Gasteiger partial charge in [-0.1, -0.05) is 17.8 Å². The topological polar surface area (TPSA) is 63.4 Å². The number of nitrogens with zero attached hydrogens (tertiary/aromatic N) is 5. The SMILES string of the molecule is Cc1nnc2sc(C3CCN(C(=O)C4CCC4)CC3)nn12. The molecule has 1 saturated heterocycles. The van der Waals surface area contributed by atoms with E-state index in [4.69, 9.17) is 0 Å². The van der Waals surface area contributed by atoms with Gasteiger partial charge in [0.25, 0.3) is 0 Å². The summed E-state index contributed by atoms with van der Waals surface area (Å²) in [6, 6.07) is 0. The van der Waals surface area contributed by atoms with E-state index in [-0.39, 0.29) is 0 Å². The van der Waals surface area contributed by atoms with Crippen LogP contribution >= 0.6 is 11.3 Å². The fourth-order valence-corrected chi connectivity index (χ4v) is 4.21. The Morgan fingerprint density at radius 1 is 1.19 bits per heavy atom. The number of aryl methyl sites for hydroxylation is 1. The van der Waals surface area contributed by atoms with Gasteiger partial charge in [0.05, 0.1) is 0 Å². The number of likely N-dealkylation sites (tertiary alicyclic amines) is 1. The molecule has 0 aromatic carbocycles. The quantitative estimate of drug-likeness (QED) is 0.851. The lowest BCUT2D eigenvalue weighted by molar-refractivity contribution is -0.139. The second-order valence-electron chi connectivity index (χ2n) is 6.11. The van der Waals surface area contributed by atoms with Gasteiger partial charge in [0.2, 0.25) is 10.9 Å². The van der Waals surface area contributed by atoms with Crippen molar-refractivity contribution in [3.63, 3.8) is 0 Å². The molecule has 112 valence electrons. The molecular weight excluding hydrogens is 286 g/mol. The molecule has 2 fully saturated rings. The van der Waals surface area contributed by atoms with Crippen molar-refractivity contribution in [1.29, 1.82) is 0 Å². The van der Waals surface area contributed by atoms with Crippen molar-refractivity contribution in [2.75, 3.05) is 13.1 Å². The van der Waals surface area contributed by atoms with Gasteiger partial charge in [-0.2, -0.15) is 9.61 Å². The van der Waals surface area contributed by atoms with E-state index in [0.717, 1.165) is 54.6 Å². The number of amides is 1. The van der Waals surface area contributed by atoms with Crippen LogP contribution in [-0.2, 0) is 4.79 Å². The van der Waals surface area contributed by atoms with Crippen molar-refractivity contribution in [2.45, 2.75) is 44.9 Å². The number of fused-ring (bicyclic) bond motifs is 1. The van der Waals surface area contributed by atoms with Crippen molar-refractivity contribution in [3.8, 4) is 0 Å². The Morgan fingerprint density at radius 3 is 2.57 bits per heavy atom. The van der Waals surface area contributed by atoms with Crippen molar-refractivity contribution in [1.82, 2.24) is 24.7 Å². The Kier molecular flexibility index (Phi) is 3.17. The van der Waals surface area contributed by atoms with Crippen molar-refractivity contribution >= 4 is 22.2 Å². The summed E-state index contributed by atoms with van der Waals surface area (Å²) in [7, 11) is 0. The number of rotatable bonds is 2. The minimum Gasteiger partial charge on any atom is -0.342 e. The van der Waals surface area contributed by atoms with E-state index in [1.54, 1.807) is 11.3 Å². The highest BCUT2D eigenvalue weighted by molar-refractivity contribution is 7.16. The number of aromatic nitrogens is 4. The smallest absolute Gasteiger partial charge is 0.234 e. The summed E-state index contributed by atoms with van der Waals surface area (Å²) in [6.45, 7) is 3.67. The zero-order valence-electron chi connectivity index (χ0n) is 12.2. The highest BCUT2D eigenvalue weighted by atomic mass is 32.1. The fraction of sp³-hybridized carbons (Fsp3) is 0.714. The molecule has 0 unspecified atom stereocenters. The zero-order valence-corrected chi connectivity index (χ0v) is 13.0. The standard InChI is InChI=1S/C14H19N5OS/c1-9-15-16-14-19(9)17-12(21-14)10-5-7-18(8-6-10)13(20)11-3-2-4-11/h10-11H,2-8H2,1H3. The van der Waals surface area contributed by atoms with Crippen molar-refractivity contribution in [2.24, 2.45) is 5.92 Å². The summed E-state index contributed by atoms with van der Waals surface area (Å²) < 4.78 is 1.83. The van der Waals surface area contributed by atoms with Crippen molar-refractivity contribution in [3.05, 3.63) is 10.8 Å². The van der Waals surface area contributed by atoms with E-state index in [9.17, 15) is 4.79 Å². The monoisotopic (exact) mass is 305 g/mol. The lowest BCUT2D eigenvalue weighted by atomic mass is 9.83. The third-order valence-corrected chi connectivity index (χ3v) is 5.83. The molecule has 2 aromatic heterocycles. The Bertz CT molecular complexity index is 666. The van der Waals surface area contributed by atoms with Crippen LogP contribution in [0.25, 0.3) is 4.96 Å². The summed E-state index contributed by atoms with van der Waals surface area (Å²) in [6.07, 6.45) is 5.44. The maximum Gasteiger partial charge on any atom is 0.234 e. The van der Waals surface area contributed by atoms with Crippen LogP contribution in [0.4, 0.5) is 0 Å². The van der Waals surface area contributed by atoms with Crippen LogP contribution in [0.15, 0.2) is 0 Å². The molecule has 1 aliphatic heterocycles. The first-order valence-electron chi connectivity index (χ1n) is 7.70. The molecule has 0 radical (unpaired) electrons. The Morgan fingerprint density at radius 2 is 1.95 bits per heavy atom. The Balaban J connectivity index is 1.43. The molecule has 0 atom stereocenters. The van der Waals surface area contributed by atoms with Crippen LogP contribution in [0, 0.1) is 12.8 Å². The predicted octanol–water partition coefficient (Wildman–Crippen LogP) is 2.00. The maximum atomic E-state index is 12.3. The summed E-state index contributed by atoms with van der Waals surface area (Å²) in [5.74, 6) is 2.00. The molecule has 2 aromatic rings. The molecular formula is C14H19N5OS. The van der Waals surface area contributed by atoms with Gasteiger partial charge >= 0.3 is 0 Å². The molecule has 3 heterocycles. The highest BCUT2D eigenvalue weighted by Gasteiger charge is 2.32. The van der Waals surface area contributed by atoms with Gasteiger partial charge in [-0.05, 0) is 32.6 Å². The van der Waals surface area contributed by atoms with Crippen LogP contribution in [0.2, 0.25) is 0 Å². The lowest BCUT2D eigenvalue weighted by Gasteiger charge is -2.36.